The van der Waals surface area contributed by atoms with Crippen molar-refractivity contribution in [3.63, 3.8) is 0 Å². The molecule has 0 spiro atoms. The SMILES string of the molecule is CC(C)C(=Cc1ccccc1)C1C[C@@H]1NC1CCC(NC(=O)O)CC1. The van der Waals surface area contributed by atoms with Gasteiger partial charge in [-0.3, -0.25) is 0 Å². The second-order valence-electron chi connectivity index (χ2n) is 7.82. The molecule has 3 rings (SSSR count). The molecule has 2 atom stereocenters. The van der Waals surface area contributed by atoms with E-state index in [1.807, 2.05) is 0 Å². The highest BCUT2D eigenvalue weighted by Crippen LogP contribution is 2.42. The summed E-state index contributed by atoms with van der Waals surface area (Å²) in [6.45, 7) is 4.57. The topological polar surface area (TPSA) is 61.4 Å². The maximum Gasteiger partial charge on any atom is 0.404 e. The zero-order chi connectivity index (χ0) is 17.8. The standard InChI is InChI=1S/C21H30N2O2/c1-14(2)18(12-15-6-4-3-5-7-15)19-13-20(19)22-16-8-10-17(11-9-16)23-21(24)25/h3-7,12,14,16-17,19-20,22-23H,8-11,13H2,1-2H3,(H,24,25)/t16?,17?,19?,20-/m0/s1. The Morgan fingerprint density at radius 2 is 1.76 bits per heavy atom. The normalized spacial score (nSPS) is 29.5. The third-order valence-corrected chi connectivity index (χ3v) is 5.52. The third kappa shape index (κ3) is 5.08. The van der Waals surface area contributed by atoms with Crippen molar-refractivity contribution < 1.29 is 9.90 Å². The van der Waals surface area contributed by atoms with Crippen LogP contribution < -0.4 is 10.6 Å². The molecule has 4 nitrogen and oxygen atoms in total. The van der Waals surface area contributed by atoms with Crippen molar-refractivity contribution in [3.05, 3.63) is 41.5 Å². The Bertz CT molecular complexity index is 604. The average molecular weight is 342 g/mol. The molecule has 1 aromatic carbocycles. The van der Waals surface area contributed by atoms with E-state index in [0.717, 1.165) is 25.7 Å². The van der Waals surface area contributed by atoms with E-state index in [2.05, 4.69) is 60.9 Å². The van der Waals surface area contributed by atoms with Crippen molar-refractivity contribution >= 4 is 12.2 Å². The van der Waals surface area contributed by atoms with Gasteiger partial charge < -0.3 is 15.7 Å². The van der Waals surface area contributed by atoms with Crippen LogP contribution in [-0.4, -0.2) is 29.3 Å². The average Bonchev–Trinajstić information content (AvgIpc) is 3.33. The molecule has 2 aliphatic rings. The quantitative estimate of drug-likeness (QED) is 0.723. The van der Waals surface area contributed by atoms with E-state index in [0.29, 0.717) is 23.9 Å². The largest absolute Gasteiger partial charge is 0.465 e. The van der Waals surface area contributed by atoms with Crippen LogP contribution >= 0.6 is 0 Å². The third-order valence-electron chi connectivity index (χ3n) is 5.52. The molecule has 0 heterocycles. The Kier molecular flexibility index (Phi) is 5.79. The minimum Gasteiger partial charge on any atom is -0.465 e. The van der Waals surface area contributed by atoms with E-state index in [1.54, 1.807) is 5.57 Å². The second-order valence-corrected chi connectivity index (χ2v) is 7.82. The lowest BCUT2D eigenvalue weighted by molar-refractivity contribution is 0.183. The molecule has 1 amide bonds. The van der Waals surface area contributed by atoms with Gasteiger partial charge in [-0.25, -0.2) is 4.79 Å². The fourth-order valence-electron chi connectivity index (χ4n) is 4.07. The zero-order valence-electron chi connectivity index (χ0n) is 15.2. The molecular weight excluding hydrogens is 312 g/mol. The molecule has 0 saturated heterocycles. The van der Waals surface area contributed by atoms with Crippen molar-refractivity contribution in [1.82, 2.24) is 10.6 Å². The lowest BCUT2D eigenvalue weighted by Gasteiger charge is -2.29. The van der Waals surface area contributed by atoms with Gasteiger partial charge in [-0.2, -0.15) is 0 Å². The summed E-state index contributed by atoms with van der Waals surface area (Å²) in [7, 11) is 0. The number of amides is 1. The predicted octanol–water partition coefficient (Wildman–Crippen LogP) is 4.28. The first-order valence-electron chi connectivity index (χ1n) is 9.55. The van der Waals surface area contributed by atoms with Gasteiger partial charge in [-0.05, 0) is 49.5 Å². The van der Waals surface area contributed by atoms with Crippen LogP contribution in [0.5, 0.6) is 0 Å². The van der Waals surface area contributed by atoms with E-state index >= 15 is 0 Å². The maximum atomic E-state index is 10.7. The molecular formula is C21H30N2O2. The lowest BCUT2D eigenvalue weighted by Crippen LogP contribution is -2.42. The van der Waals surface area contributed by atoms with Gasteiger partial charge in [0.25, 0.3) is 0 Å². The number of benzene rings is 1. The van der Waals surface area contributed by atoms with Crippen LogP contribution in [0.3, 0.4) is 0 Å². The highest BCUT2D eigenvalue weighted by molar-refractivity contribution is 5.64. The van der Waals surface area contributed by atoms with Crippen LogP contribution in [-0.2, 0) is 0 Å². The molecule has 1 aromatic rings. The summed E-state index contributed by atoms with van der Waals surface area (Å²) in [5.74, 6) is 1.21. The number of hydrogen-bond acceptors (Lipinski definition) is 2. The maximum absolute atomic E-state index is 10.7. The first-order valence-corrected chi connectivity index (χ1v) is 9.55. The van der Waals surface area contributed by atoms with Gasteiger partial charge >= 0.3 is 6.09 Å². The van der Waals surface area contributed by atoms with Gasteiger partial charge in [-0.1, -0.05) is 55.8 Å². The van der Waals surface area contributed by atoms with Gasteiger partial charge in [0.2, 0.25) is 0 Å². The van der Waals surface area contributed by atoms with Gasteiger partial charge in [0.15, 0.2) is 0 Å². The van der Waals surface area contributed by atoms with E-state index in [1.165, 1.54) is 12.0 Å². The van der Waals surface area contributed by atoms with E-state index in [4.69, 9.17) is 5.11 Å². The van der Waals surface area contributed by atoms with Gasteiger partial charge in [0, 0.05) is 18.1 Å². The minimum atomic E-state index is -0.897. The number of carboxylic acid groups (broad SMARTS) is 1. The second kappa shape index (κ2) is 8.05. The Hall–Kier alpha value is -1.81. The van der Waals surface area contributed by atoms with Crippen LogP contribution in [0.1, 0.15) is 51.5 Å². The minimum absolute atomic E-state index is 0.134. The molecule has 0 aromatic heterocycles. The highest BCUT2D eigenvalue weighted by atomic mass is 16.4. The van der Waals surface area contributed by atoms with Gasteiger partial charge in [0.05, 0.1) is 0 Å². The molecule has 0 bridgehead atoms. The summed E-state index contributed by atoms with van der Waals surface area (Å²) in [4.78, 5) is 10.7. The van der Waals surface area contributed by atoms with E-state index in [-0.39, 0.29) is 6.04 Å². The summed E-state index contributed by atoms with van der Waals surface area (Å²) < 4.78 is 0. The molecule has 2 fully saturated rings. The number of hydrogen-bond donors (Lipinski definition) is 3. The monoisotopic (exact) mass is 342 g/mol. The van der Waals surface area contributed by atoms with Crippen LogP contribution in [0.25, 0.3) is 6.08 Å². The summed E-state index contributed by atoms with van der Waals surface area (Å²) in [6.07, 6.45) is 6.71. The number of rotatable bonds is 6. The fourth-order valence-corrected chi connectivity index (χ4v) is 4.07. The Morgan fingerprint density at radius 1 is 1.12 bits per heavy atom. The zero-order valence-corrected chi connectivity index (χ0v) is 15.2. The molecule has 3 N–H and O–H groups in total. The molecule has 0 radical (unpaired) electrons. The highest BCUT2D eigenvalue weighted by Gasteiger charge is 2.41. The van der Waals surface area contributed by atoms with Crippen LogP contribution in [0.2, 0.25) is 0 Å². The first kappa shape index (κ1) is 18.0. The molecule has 2 saturated carbocycles. The van der Waals surface area contributed by atoms with Crippen LogP contribution in [0, 0.1) is 11.8 Å². The Morgan fingerprint density at radius 3 is 2.36 bits per heavy atom. The summed E-state index contributed by atoms with van der Waals surface area (Å²) in [5.41, 5.74) is 2.84. The molecule has 0 aliphatic heterocycles. The van der Waals surface area contributed by atoms with Crippen molar-refractivity contribution in [2.24, 2.45) is 11.8 Å². The van der Waals surface area contributed by atoms with E-state index < -0.39 is 6.09 Å². The molecule has 4 heteroatoms. The van der Waals surface area contributed by atoms with E-state index in [9.17, 15) is 4.79 Å². The van der Waals surface area contributed by atoms with Gasteiger partial charge in [0.1, 0.15) is 0 Å². The first-order chi connectivity index (χ1) is 12.0. The van der Waals surface area contributed by atoms with Crippen molar-refractivity contribution in [2.75, 3.05) is 0 Å². The number of nitrogens with one attached hydrogen (secondary N) is 2. The van der Waals surface area contributed by atoms with Crippen LogP contribution in [0.4, 0.5) is 4.79 Å². The molecule has 2 aliphatic carbocycles. The Balaban J connectivity index is 1.52. The predicted molar refractivity (Wildman–Crippen MR) is 101 cm³/mol. The lowest BCUT2D eigenvalue weighted by atomic mass is 9.91. The number of carbonyl (C=O) groups is 1. The molecule has 136 valence electrons. The fraction of sp³-hybridized carbons (Fsp3) is 0.571. The molecule has 25 heavy (non-hydrogen) atoms. The Labute approximate surface area is 150 Å². The molecule has 1 unspecified atom stereocenters. The van der Waals surface area contributed by atoms with Crippen molar-refractivity contribution in [2.45, 2.75) is 64.1 Å². The summed E-state index contributed by atoms with van der Waals surface area (Å²) in [6, 6.07) is 11.8. The summed E-state index contributed by atoms with van der Waals surface area (Å²) >= 11 is 0. The smallest absolute Gasteiger partial charge is 0.404 e. The van der Waals surface area contributed by atoms with Crippen LogP contribution in [0.15, 0.2) is 35.9 Å². The van der Waals surface area contributed by atoms with Crippen molar-refractivity contribution in [3.8, 4) is 0 Å². The summed E-state index contributed by atoms with van der Waals surface area (Å²) in [5, 5.41) is 15.3. The van der Waals surface area contributed by atoms with Crippen molar-refractivity contribution in [1.29, 1.82) is 0 Å². The van der Waals surface area contributed by atoms with Gasteiger partial charge in [-0.15, -0.1) is 0 Å².